The maximum atomic E-state index is 9.09. The third-order valence-corrected chi connectivity index (χ3v) is 2.94. The zero-order chi connectivity index (χ0) is 11.6. The Hall–Kier alpha value is -1.53. The van der Waals surface area contributed by atoms with Gasteiger partial charge in [-0.3, -0.25) is 0 Å². The SMILES string of the molecule is CC1(C)CN(c2ccccc2C#N)CCN1. The first-order valence-electron chi connectivity index (χ1n) is 5.61. The molecule has 0 spiro atoms. The van der Waals surface area contributed by atoms with E-state index in [1.165, 1.54) is 0 Å². The lowest BCUT2D eigenvalue weighted by Crippen LogP contribution is -2.57. The highest BCUT2D eigenvalue weighted by Gasteiger charge is 2.26. The minimum Gasteiger partial charge on any atom is -0.367 e. The van der Waals surface area contributed by atoms with Gasteiger partial charge in [0.15, 0.2) is 0 Å². The maximum Gasteiger partial charge on any atom is 0.101 e. The number of para-hydroxylation sites is 1. The first-order chi connectivity index (χ1) is 7.62. The lowest BCUT2D eigenvalue weighted by Gasteiger charge is -2.40. The van der Waals surface area contributed by atoms with Gasteiger partial charge in [-0.05, 0) is 26.0 Å². The van der Waals surface area contributed by atoms with Crippen molar-refractivity contribution < 1.29 is 0 Å². The van der Waals surface area contributed by atoms with Gasteiger partial charge in [0.05, 0.1) is 11.3 Å². The first kappa shape index (κ1) is 11.0. The molecule has 1 aliphatic rings. The summed E-state index contributed by atoms with van der Waals surface area (Å²) < 4.78 is 0. The topological polar surface area (TPSA) is 39.1 Å². The molecule has 0 atom stereocenters. The van der Waals surface area contributed by atoms with Crippen LogP contribution in [0.2, 0.25) is 0 Å². The van der Waals surface area contributed by atoms with Crippen LogP contribution in [0.4, 0.5) is 5.69 Å². The van der Waals surface area contributed by atoms with E-state index in [0.717, 1.165) is 30.9 Å². The summed E-state index contributed by atoms with van der Waals surface area (Å²) in [7, 11) is 0. The van der Waals surface area contributed by atoms with Crippen molar-refractivity contribution in [1.29, 1.82) is 5.26 Å². The van der Waals surface area contributed by atoms with Crippen molar-refractivity contribution in [2.75, 3.05) is 24.5 Å². The van der Waals surface area contributed by atoms with Crippen LogP contribution >= 0.6 is 0 Å². The second-order valence-electron chi connectivity index (χ2n) is 4.86. The van der Waals surface area contributed by atoms with E-state index in [1.807, 2.05) is 24.3 Å². The van der Waals surface area contributed by atoms with E-state index in [4.69, 9.17) is 5.26 Å². The average Bonchev–Trinajstić information content (AvgIpc) is 2.27. The molecule has 1 saturated heterocycles. The lowest BCUT2D eigenvalue weighted by molar-refractivity contribution is 0.353. The molecule has 0 unspecified atom stereocenters. The number of rotatable bonds is 1. The first-order valence-corrected chi connectivity index (χ1v) is 5.61. The van der Waals surface area contributed by atoms with Crippen molar-refractivity contribution in [3.8, 4) is 6.07 Å². The van der Waals surface area contributed by atoms with Crippen LogP contribution in [0.15, 0.2) is 24.3 Å². The molecule has 1 aromatic rings. The van der Waals surface area contributed by atoms with Gasteiger partial charge in [-0.25, -0.2) is 0 Å². The van der Waals surface area contributed by atoms with E-state index >= 15 is 0 Å². The molecule has 3 nitrogen and oxygen atoms in total. The smallest absolute Gasteiger partial charge is 0.101 e. The predicted molar refractivity (Wildman–Crippen MR) is 65.5 cm³/mol. The van der Waals surface area contributed by atoms with E-state index in [1.54, 1.807) is 0 Å². The number of nitriles is 1. The summed E-state index contributed by atoms with van der Waals surface area (Å²) in [6.07, 6.45) is 0. The summed E-state index contributed by atoms with van der Waals surface area (Å²) in [6.45, 7) is 7.24. The Morgan fingerprint density at radius 3 is 2.81 bits per heavy atom. The number of hydrogen-bond acceptors (Lipinski definition) is 3. The van der Waals surface area contributed by atoms with E-state index in [0.29, 0.717) is 0 Å². The molecule has 1 aliphatic heterocycles. The third kappa shape index (κ3) is 2.17. The highest BCUT2D eigenvalue weighted by atomic mass is 15.2. The predicted octanol–water partition coefficient (Wildman–Crippen LogP) is 1.75. The zero-order valence-electron chi connectivity index (χ0n) is 9.83. The largest absolute Gasteiger partial charge is 0.367 e. The van der Waals surface area contributed by atoms with Crippen LogP contribution in [0.5, 0.6) is 0 Å². The Labute approximate surface area is 96.7 Å². The van der Waals surface area contributed by atoms with Crippen molar-refractivity contribution in [1.82, 2.24) is 5.32 Å². The lowest BCUT2D eigenvalue weighted by atomic mass is 10.0. The fraction of sp³-hybridized carbons (Fsp3) is 0.462. The van der Waals surface area contributed by atoms with Crippen molar-refractivity contribution in [3.63, 3.8) is 0 Å². The third-order valence-electron chi connectivity index (χ3n) is 2.94. The summed E-state index contributed by atoms with van der Waals surface area (Å²) in [4.78, 5) is 2.29. The van der Waals surface area contributed by atoms with Gasteiger partial charge in [0.25, 0.3) is 0 Å². The van der Waals surface area contributed by atoms with Crippen LogP contribution in [0.3, 0.4) is 0 Å². The monoisotopic (exact) mass is 215 g/mol. The summed E-state index contributed by atoms with van der Waals surface area (Å²) in [5.74, 6) is 0. The molecule has 1 N–H and O–H groups in total. The minimum atomic E-state index is 0.112. The number of hydrogen-bond donors (Lipinski definition) is 1. The van der Waals surface area contributed by atoms with Crippen LogP contribution in [0.1, 0.15) is 19.4 Å². The fourth-order valence-electron chi connectivity index (χ4n) is 2.19. The van der Waals surface area contributed by atoms with E-state index in [2.05, 4.69) is 30.1 Å². The molecular weight excluding hydrogens is 198 g/mol. The number of nitrogens with zero attached hydrogens (tertiary/aromatic N) is 2. The zero-order valence-corrected chi connectivity index (χ0v) is 9.83. The van der Waals surface area contributed by atoms with Crippen LogP contribution < -0.4 is 10.2 Å². The Morgan fingerprint density at radius 2 is 2.12 bits per heavy atom. The summed E-state index contributed by atoms with van der Waals surface area (Å²) >= 11 is 0. The maximum absolute atomic E-state index is 9.09. The molecule has 16 heavy (non-hydrogen) atoms. The highest BCUT2D eigenvalue weighted by Crippen LogP contribution is 2.23. The van der Waals surface area contributed by atoms with Crippen LogP contribution in [0, 0.1) is 11.3 Å². The molecule has 0 aromatic heterocycles. The fourth-order valence-corrected chi connectivity index (χ4v) is 2.19. The molecule has 1 aromatic carbocycles. The van der Waals surface area contributed by atoms with Gasteiger partial charge in [-0.15, -0.1) is 0 Å². The van der Waals surface area contributed by atoms with Crippen LogP contribution in [0.25, 0.3) is 0 Å². The molecule has 1 fully saturated rings. The Balaban J connectivity index is 2.27. The average molecular weight is 215 g/mol. The molecule has 84 valence electrons. The van der Waals surface area contributed by atoms with Crippen LogP contribution in [-0.2, 0) is 0 Å². The minimum absolute atomic E-state index is 0.112. The molecular formula is C13H17N3. The summed E-state index contributed by atoms with van der Waals surface area (Å²) in [5, 5.41) is 12.6. The second kappa shape index (κ2) is 4.15. The quantitative estimate of drug-likeness (QED) is 0.775. The molecule has 0 aliphatic carbocycles. The van der Waals surface area contributed by atoms with Gasteiger partial charge in [-0.2, -0.15) is 5.26 Å². The number of benzene rings is 1. The number of piperazine rings is 1. The van der Waals surface area contributed by atoms with Crippen molar-refractivity contribution in [2.24, 2.45) is 0 Å². The Kier molecular flexibility index (Phi) is 2.84. The van der Waals surface area contributed by atoms with Gasteiger partial charge in [0.2, 0.25) is 0 Å². The van der Waals surface area contributed by atoms with Gasteiger partial charge in [-0.1, -0.05) is 12.1 Å². The van der Waals surface area contributed by atoms with Gasteiger partial charge >= 0.3 is 0 Å². The summed E-state index contributed by atoms with van der Waals surface area (Å²) in [5.41, 5.74) is 1.93. The van der Waals surface area contributed by atoms with E-state index in [-0.39, 0.29) is 5.54 Å². The van der Waals surface area contributed by atoms with Crippen molar-refractivity contribution in [2.45, 2.75) is 19.4 Å². The molecule has 0 bridgehead atoms. The Bertz CT molecular complexity index is 417. The van der Waals surface area contributed by atoms with Crippen molar-refractivity contribution in [3.05, 3.63) is 29.8 Å². The molecule has 0 amide bonds. The molecule has 0 radical (unpaired) electrons. The van der Waals surface area contributed by atoms with Gasteiger partial charge in [0.1, 0.15) is 6.07 Å². The molecule has 0 saturated carbocycles. The number of nitrogens with one attached hydrogen (secondary N) is 1. The van der Waals surface area contributed by atoms with E-state index < -0.39 is 0 Å². The molecule has 1 heterocycles. The van der Waals surface area contributed by atoms with Crippen molar-refractivity contribution >= 4 is 5.69 Å². The second-order valence-corrected chi connectivity index (χ2v) is 4.86. The summed E-state index contributed by atoms with van der Waals surface area (Å²) in [6, 6.07) is 10.1. The van der Waals surface area contributed by atoms with Gasteiger partial charge in [0, 0.05) is 25.2 Å². The highest BCUT2D eigenvalue weighted by molar-refractivity contribution is 5.59. The standard InChI is InChI=1S/C13H17N3/c1-13(2)10-16(8-7-15-13)12-6-4-3-5-11(12)9-14/h3-6,15H,7-8,10H2,1-2H3. The Morgan fingerprint density at radius 1 is 1.38 bits per heavy atom. The normalized spacial score (nSPS) is 19.2. The van der Waals surface area contributed by atoms with E-state index in [9.17, 15) is 0 Å². The van der Waals surface area contributed by atoms with Gasteiger partial charge < -0.3 is 10.2 Å². The molecule has 2 rings (SSSR count). The number of anilines is 1. The van der Waals surface area contributed by atoms with Crippen LogP contribution in [-0.4, -0.2) is 25.2 Å². The molecule has 3 heteroatoms.